The van der Waals surface area contributed by atoms with E-state index in [0.29, 0.717) is 5.88 Å². The number of pyridine rings is 1. The normalized spacial score (nSPS) is 10.2. The van der Waals surface area contributed by atoms with Crippen LogP contribution in [-0.4, -0.2) is 19.7 Å². The highest BCUT2D eigenvalue weighted by atomic mass is 16.6. The number of rotatable bonds is 4. The van der Waals surface area contributed by atoms with E-state index in [2.05, 4.69) is 10.1 Å². The molecule has 0 fully saturated rings. The van der Waals surface area contributed by atoms with Gasteiger partial charge in [-0.2, -0.15) is 0 Å². The SMILES string of the molecule is CCn1ccc(Oc2ccc([N+](=O)[O-])cn2)n1. The molecule has 0 unspecified atom stereocenters. The van der Waals surface area contributed by atoms with Crippen LogP contribution in [0.2, 0.25) is 0 Å². The molecule has 0 saturated heterocycles. The summed E-state index contributed by atoms with van der Waals surface area (Å²) in [6.07, 6.45) is 2.92. The van der Waals surface area contributed by atoms with E-state index >= 15 is 0 Å². The van der Waals surface area contributed by atoms with Crippen molar-refractivity contribution in [2.24, 2.45) is 0 Å². The van der Waals surface area contributed by atoms with Crippen LogP contribution in [0.3, 0.4) is 0 Å². The number of nitrogens with zero attached hydrogens (tertiary/aromatic N) is 4. The predicted octanol–water partition coefficient (Wildman–Crippen LogP) is 2.00. The van der Waals surface area contributed by atoms with Crippen molar-refractivity contribution in [3.63, 3.8) is 0 Å². The minimum Gasteiger partial charge on any atom is -0.419 e. The summed E-state index contributed by atoms with van der Waals surface area (Å²) in [5.41, 5.74) is -0.0727. The number of aryl methyl sites for hydroxylation is 1. The number of ether oxygens (including phenoxy) is 1. The van der Waals surface area contributed by atoms with Crippen LogP contribution >= 0.6 is 0 Å². The lowest BCUT2D eigenvalue weighted by Crippen LogP contribution is -1.95. The quantitative estimate of drug-likeness (QED) is 0.596. The number of aromatic nitrogens is 3. The van der Waals surface area contributed by atoms with Gasteiger partial charge in [0.1, 0.15) is 6.20 Å². The first-order valence-corrected chi connectivity index (χ1v) is 5.01. The third kappa shape index (κ3) is 2.57. The molecule has 0 amide bonds. The molecule has 0 aliphatic heterocycles. The van der Waals surface area contributed by atoms with Gasteiger partial charge in [-0.15, -0.1) is 5.10 Å². The molecule has 2 aromatic heterocycles. The van der Waals surface area contributed by atoms with E-state index in [-0.39, 0.29) is 11.6 Å². The van der Waals surface area contributed by atoms with E-state index in [1.54, 1.807) is 16.9 Å². The van der Waals surface area contributed by atoms with Crippen LogP contribution in [0.1, 0.15) is 6.92 Å². The molecule has 0 spiro atoms. The fraction of sp³-hybridized carbons (Fsp3) is 0.200. The Bertz CT molecular complexity index is 521. The second-order valence-electron chi connectivity index (χ2n) is 3.22. The maximum absolute atomic E-state index is 10.4. The van der Waals surface area contributed by atoms with Crippen LogP contribution in [0.25, 0.3) is 0 Å². The fourth-order valence-electron chi connectivity index (χ4n) is 1.22. The Kier molecular flexibility index (Phi) is 2.99. The van der Waals surface area contributed by atoms with Gasteiger partial charge in [-0.05, 0) is 6.92 Å². The second-order valence-corrected chi connectivity index (χ2v) is 3.22. The van der Waals surface area contributed by atoms with Gasteiger partial charge in [-0.1, -0.05) is 0 Å². The molecule has 7 nitrogen and oxygen atoms in total. The van der Waals surface area contributed by atoms with Gasteiger partial charge in [0.05, 0.1) is 4.92 Å². The zero-order chi connectivity index (χ0) is 12.3. The zero-order valence-electron chi connectivity index (χ0n) is 9.11. The van der Waals surface area contributed by atoms with Crippen LogP contribution in [0.4, 0.5) is 5.69 Å². The topological polar surface area (TPSA) is 83.1 Å². The summed E-state index contributed by atoms with van der Waals surface area (Å²) in [6, 6.07) is 4.47. The molecule has 2 aromatic rings. The molecule has 0 atom stereocenters. The molecular weight excluding hydrogens is 224 g/mol. The Balaban J connectivity index is 2.10. The van der Waals surface area contributed by atoms with Gasteiger partial charge in [0.25, 0.3) is 5.69 Å². The van der Waals surface area contributed by atoms with Gasteiger partial charge in [0, 0.05) is 30.9 Å². The molecule has 0 aliphatic rings. The van der Waals surface area contributed by atoms with E-state index in [1.807, 2.05) is 6.92 Å². The Morgan fingerprint density at radius 3 is 2.76 bits per heavy atom. The highest BCUT2D eigenvalue weighted by Crippen LogP contribution is 2.19. The Labute approximate surface area is 96.8 Å². The lowest BCUT2D eigenvalue weighted by atomic mass is 10.4. The summed E-state index contributed by atoms with van der Waals surface area (Å²) in [7, 11) is 0. The van der Waals surface area contributed by atoms with E-state index in [9.17, 15) is 10.1 Å². The molecule has 0 radical (unpaired) electrons. The number of nitro groups is 1. The highest BCUT2D eigenvalue weighted by molar-refractivity contribution is 5.30. The van der Waals surface area contributed by atoms with Gasteiger partial charge in [-0.3, -0.25) is 14.8 Å². The van der Waals surface area contributed by atoms with Crippen LogP contribution in [0.15, 0.2) is 30.6 Å². The fourth-order valence-corrected chi connectivity index (χ4v) is 1.22. The van der Waals surface area contributed by atoms with Gasteiger partial charge < -0.3 is 4.74 Å². The van der Waals surface area contributed by atoms with E-state index in [1.165, 1.54) is 12.1 Å². The molecule has 17 heavy (non-hydrogen) atoms. The Morgan fingerprint density at radius 2 is 2.24 bits per heavy atom. The third-order valence-electron chi connectivity index (χ3n) is 2.08. The van der Waals surface area contributed by atoms with Gasteiger partial charge in [-0.25, -0.2) is 4.98 Å². The number of hydrogen-bond acceptors (Lipinski definition) is 5. The van der Waals surface area contributed by atoms with Crippen LogP contribution in [0, 0.1) is 10.1 Å². The molecular formula is C10H10N4O3. The minimum atomic E-state index is -0.511. The molecule has 88 valence electrons. The average Bonchev–Trinajstić information content (AvgIpc) is 2.77. The summed E-state index contributed by atoms with van der Waals surface area (Å²) in [6.45, 7) is 2.71. The Hall–Kier alpha value is -2.44. The lowest BCUT2D eigenvalue weighted by Gasteiger charge is -1.99. The van der Waals surface area contributed by atoms with Crippen molar-refractivity contribution in [3.8, 4) is 11.8 Å². The first kappa shape index (κ1) is 11.1. The molecule has 0 saturated carbocycles. The molecule has 0 bridgehead atoms. The molecule has 2 heterocycles. The monoisotopic (exact) mass is 234 g/mol. The number of hydrogen-bond donors (Lipinski definition) is 0. The molecule has 2 rings (SSSR count). The maximum Gasteiger partial charge on any atom is 0.287 e. The van der Waals surface area contributed by atoms with Crippen molar-refractivity contribution in [2.45, 2.75) is 13.5 Å². The van der Waals surface area contributed by atoms with Gasteiger partial charge >= 0.3 is 0 Å². The largest absolute Gasteiger partial charge is 0.419 e. The van der Waals surface area contributed by atoms with Crippen molar-refractivity contribution < 1.29 is 9.66 Å². The van der Waals surface area contributed by atoms with Gasteiger partial charge in [0.2, 0.25) is 11.8 Å². The van der Waals surface area contributed by atoms with E-state index in [0.717, 1.165) is 12.7 Å². The third-order valence-corrected chi connectivity index (χ3v) is 2.08. The zero-order valence-corrected chi connectivity index (χ0v) is 9.11. The first-order chi connectivity index (χ1) is 8.19. The van der Waals surface area contributed by atoms with E-state index < -0.39 is 4.92 Å². The van der Waals surface area contributed by atoms with Gasteiger partial charge in [0.15, 0.2) is 0 Å². The average molecular weight is 234 g/mol. The highest BCUT2D eigenvalue weighted by Gasteiger charge is 2.07. The molecule has 0 aliphatic carbocycles. The summed E-state index contributed by atoms with van der Waals surface area (Å²) >= 11 is 0. The summed E-state index contributed by atoms with van der Waals surface area (Å²) < 4.78 is 7.04. The second kappa shape index (κ2) is 4.60. The molecule has 7 heteroatoms. The van der Waals surface area contributed by atoms with Crippen molar-refractivity contribution in [2.75, 3.05) is 0 Å². The van der Waals surface area contributed by atoms with Crippen LogP contribution in [-0.2, 0) is 6.54 Å². The van der Waals surface area contributed by atoms with Crippen molar-refractivity contribution in [3.05, 3.63) is 40.7 Å². The Morgan fingerprint density at radius 1 is 1.41 bits per heavy atom. The summed E-state index contributed by atoms with van der Waals surface area (Å²) in [5.74, 6) is 0.685. The summed E-state index contributed by atoms with van der Waals surface area (Å²) in [5, 5.41) is 14.5. The van der Waals surface area contributed by atoms with Crippen LogP contribution < -0.4 is 4.74 Å². The van der Waals surface area contributed by atoms with Crippen molar-refractivity contribution in [1.82, 2.24) is 14.8 Å². The van der Waals surface area contributed by atoms with Crippen molar-refractivity contribution in [1.29, 1.82) is 0 Å². The standard InChI is InChI=1S/C10H10N4O3/c1-2-13-6-5-10(12-13)17-9-4-3-8(7-11-9)14(15)16/h3-7H,2H2,1H3. The molecule has 0 aromatic carbocycles. The smallest absolute Gasteiger partial charge is 0.287 e. The molecule has 0 N–H and O–H groups in total. The summed E-state index contributed by atoms with van der Waals surface area (Å²) in [4.78, 5) is 13.7. The predicted molar refractivity (Wildman–Crippen MR) is 58.9 cm³/mol. The van der Waals surface area contributed by atoms with E-state index in [4.69, 9.17) is 4.74 Å². The minimum absolute atomic E-state index is 0.0727. The van der Waals surface area contributed by atoms with Crippen LogP contribution in [0.5, 0.6) is 11.8 Å². The van der Waals surface area contributed by atoms with Crippen molar-refractivity contribution >= 4 is 5.69 Å². The lowest BCUT2D eigenvalue weighted by molar-refractivity contribution is -0.385. The maximum atomic E-state index is 10.4. The first-order valence-electron chi connectivity index (χ1n) is 5.01.